The molecule has 0 bridgehead atoms. The molecule has 0 unspecified atom stereocenters. The normalized spacial score (nSPS) is 13.9. The Morgan fingerprint density at radius 3 is 2.83 bits per heavy atom. The highest BCUT2D eigenvalue weighted by molar-refractivity contribution is 7.19. The third-order valence-electron chi connectivity index (χ3n) is 5.50. The van der Waals surface area contributed by atoms with Gasteiger partial charge in [0.25, 0.3) is 0 Å². The Bertz CT molecular complexity index is 1080. The summed E-state index contributed by atoms with van der Waals surface area (Å²) in [5.74, 6) is 0.819. The van der Waals surface area contributed by atoms with E-state index in [1.54, 1.807) is 17.7 Å². The molecule has 0 saturated carbocycles. The second-order valence-corrected chi connectivity index (χ2v) is 8.76. The molecular formula is C22H28N6OS. The van der Waals surface area contributed by atoms with Gasteiger partial charge in [-0.2, -0.15) is 0 Å². The first kappa shape index (κ1) is 20.6. The van der Waals surface area contributed by atoms with Gasteiger partial charge >= 0.3 is 0 Å². The molecule has 7 nitrogen and oxygen atoms in total. The quantitative estimate of drug-likeness (QED) is 0.617. The lowest BCUT2D eigenvalue weighted by Gasteiger charge is -2.25. The van der Waals surface area contributed by atoms with Crippen molar-refractivity contribution >= 4 is 50.3 Å². The fraction of sp³-hybridized carbons (Fsp3) is 0.409. The van der Waals surface area contributed by atoms with Crippen molar-refractivity contribution in [1.29, 1.82) is 0 Å². The first-order valence-corrected chi connectivity index (χ1v) is 11.2. The van der Waals surface area contributed by atoms with Crippen molar-refractivity contribution in [2.75, 3.05) is 42.7 Å². The summed E-state index contributed by atoms with van der Waals surface area (Å²) in [6.45, 7) is 7.17. The molecule has 1 aliphatic rings. The van der Waals surface area contributed by atoms with Crippen LogP contribution in [0.1, 0.15) is 30.7 Å². The van der Waals surface area contributed by atoms with Crippen LogP contribution in [0.4, 0.5) is 22.9 Å². The first-order valence-electron chi connectivity index (χ1n) is 10.4. The molecule has 0 atom stereocenters. The molecule has 1 amide bonds. The van der Waals surface area contributed by atoms with E-state index in [1.165, 1.54) is 10.4 Å². The van der Waals surface area contributed by atoms with Gasteiger partial charge in [0, 0.05) is 44.2 Å². The number of benzene rings is 1. The van der Waals surface area contributed by atoms with Crippen LogP contribution in [0.3, 0.4) is 0 Å². The summed E-state index contributed by atoms with van der Waals surface area (Å²) in [6.07, 6.45) is 3.08. The highest BCUT2D eigenvalue weighted by Gasteiger charge is 2.23. The van der Waals surface area contributed by atoms with E-state index < -0.39 is 0 Å². The van der Waals surface area contributed by atoms with Crippen molar-refractivity contribution in [2.45, 2.75) is 33.2 Å². The number of carbonyl (C=O) groups excluding carboxylic acids is 1. The molecule has 1 aliphatic heterocycles. The average molecular weight is 425 g/mol. The zero-order chi connectivity index (χ0) is 21.3. The number of amides is 1. The lowest BCUT2D eigenvalue weighted by molar-refractivity contribution is -0.115. The number of thiophene rings is 1. The lowest BCUT2D eigenvalue weighted by Crippen LogP contribution is -2.29. The van der Waals surface area contributed by atoms with Crippen molar-refractivity contribution in [3.8, 4) is 0 Å². The van der Waals surface area contributed by atoms with Gasteiger partial charge in [-0.3, -0.25) is 9.69 Å². The molecule has 0 fully saturated rings. The van der Waals surface area contributed by atoms with Gasteiger partial charge in [-0.15, -0.1) is 11.3 Å². The van der Waals surface area contributed by atoms with Crippen molar-refractivity contribution < 1.29 is 4.79 Å². The van der Waals surface area contributed by atoms with Gasteiger partial charge < -0.3 is 15.5 Å². The van der Waals surface area contributed by atoms with Crippen LogP contribution in [-0.2, 0) is 17.8 Å². The number of fused-ring (bicyclic) bond motifs is 3. The molecule has 0 radical (unpaired) electrons. The van der Waals surface area contributed by atoms with Crippen LogP contribution in [0, 0.1) is 0 Å². The Hall–Kier alpha value is -2.71. The first-order chi connectivity index (χ1) is 14.5. The van der Waals surface area contributed by atoms with Crippen LogP contribution >= 0.6 is 11.3 Å². The summed E-state index contributed by atoms with van der Waals surface area (Å²) in [5, 5.41) is 7.61. The number of anilines is 4. The summed E-state index contributed by atoms with van der Waals surface area (Å²) in [7, 11) is 3.93. The van der Waals surface area contributed by atoms with Gasteiger partial charge in [0.2, 0.25) is 5.91 Å². The van der Waals surface area contributed by atoms with E-state index in [-0.39, 0.29) is 5.91 Å². The van der Waals surface area contributed by atoms with Crippen LogP contribution < -0.4 is 15.5 Å². The summed E-state index contributed by atoms with van der Waals surface area (Å²) >= 11 is 1.77. The summed E-state index contributed by atoms with van der Waals surface area (Å²) in [6, 6.07) is 5.99. The number of nitrogens with one attached hydrogen (secondary N) is 2. The molecule has 0 aliphatic carbocycles. The van der Waals surface area contributed by atoms with Crippen LogP contribution in [0.5, 0.6) is 0 Å². The van der Waals surface area contributed by atoms with Crippen molar-refractivity contribution in [1.82, 2.24) is 14.9 Å². The molecule has 0 spiro atoms. The third-order valence-corrected chi connectivity index (χ3v) is 6.62. The van der Waals surface area contributed by atoms with E-state index in [2.05, 4.69) is 32.4 Å². The Balaban J connectivity index is 1.70. The number of likely N-dealkylation sites (N-methyl/N-ethyl adjacent to an activating group) is 1. The van der Waals surface area contributed by atoms with E-state index in [9.17, 15) is 4.79 Å². The number of nitrogens with zero attached hydrogens (tertiary/aromatic N) is 4. The minimum Gasteiger partial charge on any atom is -0.376 e. The molecule has 8 heteroatoms. The zero-order valence-corrected chi connectivity index (χ0v) is 18.8. The van der Waals surface area contributed by atoms with Crippen molar-refractivity contribution in [3.05, 3.63) is 35.0 Å². The van der Waals surface area contributed by atoms with Crippen LogP contribution in [0.15, 0.2) is 24.5 Å². The van der Waals surface area contributed by atoms with Gasteiger partial charge in [-0.05, 0) is 36.7 Å². The van der Waals surface area contributed by atoms with E-state index in [4.69, 9.17) is 0 Å². The highest BCUT2D eigenvalue weighted by atomic mass is 32.1. The Morgan fingerprint density at radius 1 is 1.27 bits per heavy atom. The molecule has 3 heterocycles. The third kappa shape index (κ3) is 3.97. The lowest BCUT2D eigenvalue weighted by atomic mass is 10.0. The summed E-state index contributed by atoms with van der Waals surface area (Å²) in [5.41, 5.74) is 4.00. The zero-order valence-electron chi connectivity index (χ0n) is 18.0. The fourth-order valence-electron chi connectivity index (χ4n) is 3.82. The van der Waals surface area contributed by atoms with Gasteiger partial charge in [-0.1, -0.05) is 13.8 Å². The molecule has 1 aromatic carbocycles. The SMILES string of the molecule is CCC(=O)Nc1cc(Nc2ncnc3sc4c(c23)CCN(CC)C4)ccc1N(C)C. The Kier molecular flexibility index (Phi) is 5.87. The van der Waals surface area contributed by atoms with E-state index in [0.717, 1.165) is 59.2 Å². The predicted molar refractivity (Wildman–Crippen MR) is 125 cm³/mol. The monoisotopic (exact) mass is 424 g/mol. The van der Waals surface area contributed by atoms with Gasteiger partial charge in [-0.25, -0.2) is 9.97 Å². The maximum absolute atomic E-state index is 12.0. The summed E-state index contributed by atoms with van der Waals surface area (Å²) in [4.78, 5) is 28.0. The van der Waals surface area contributed by atoms with E-state index >= 15 is 0 Å². The largest absolute Gasteiger partial charge is 0.376 e. The van der Waals surface area contributed by atoms with Crippen molar-refractivity contribution in [3.63, 3.8) is 0 Å². The van der Waals surface area contributed by atoms with Crippen LogP contribution in [-0.4, -0.2) is 48.0 Å². The van der Waals surface area contributed by atoms with E-state index in [1.807, 2.05) is 44.1 Å². The van der Waals surface area contributed by atoms with E-state index in [0.29, 0.717) is 6.42 Å². The second-order valence-electron chi connectivity index (χ2n) is 7.68. The predicted octanol–water partition coefficient (Wildman–Crippen LogP) is 4.23. The number of carbonyl (C=O) groups is 1. The van der Waals surface area contributed by atoms with Gasteiger partial charge in [0.05, 0.1) is 16.8 Å². The van der Waals surface area contributed by atoms with Crippen molar-refractivity contribution in [2.24, 2.45) is 0 Å². The van der Waals surface area contributed by atoms with Gasteiger partial charge in [0.15, 0.2) is 0 Å². The smallest absolute Gasteiger partial charge is 0.224 e. The second kappa shape index (κ2) is 8.57. The van der Waals surface area contributed by atoms with Gasteiger partial charge in [0.1, 0.15) is 17.0 Å². The minimum absolute atomic E-state index is 0.00735. The fourth-order valence-corrected chi connectivity index (χ4v) is 5.05. The molecule has 30 heavy (non-hydrogen) atoms. The number of hydrogen-bond acceptors (Lipinski definition) is 7. The summed E-state index contributed by atoms with van der Waals surface area (Å²) < 4.78 is 0. The Morgan fingerprint density at radius 2 is 2.10 bits per heavy atom. The average Bonchev–Trinajstić information content (AvgIpc) is 3.12. The molecular weight excluding hydrogens is 396 g/mol. The maximum Gasteiger partial charge on any atom is 0.224 e. The topological polar surface area (TPSA) is 73.4 Å². The van der Waals surface area contributed by atoms with Crippen LogP contribution in [0.2, 0.25) is 0 Å². The number of aromatic nitrogens is 2. The molecule has 0 saturated heterocycles. The molecule has 158 valence electrons. The maximum atomic E-state index is 12.0. The molecule has 3 aromatic rings. The minimum atomic E-state index is -0.00735. The standard InChI is InChI=1S/C22H28N6OS/c1-5-19(29)26-16-11-14(7-8-17(16)27(3)4)25-21-20-15-9-10-28(6-2)12-18(15)30-22(20)24-13-23-21/h7-8,11,13H,5-6,9-10,12H2,1-4H3,(H,26,29)(H,23,24,25). The molecule has 2 N–H and O–H groups in total. The number of hydrogen-bond donors (Lipinski definition) is 2. The Labute approximate surface area is 181 Å². The molecule has 2 aromatic heterocycles. The molecule has 4 rings (SSSR count). The highest BCUT2D eigenvalue weighted by Crippen LogP contribution is 2.38. The van der Waals surface area contributed by atoms with Crippen LogP contribution in [0.25, 0.3) is 10.2 Å². The number of rotatable bonds is 6.